The standard InChI is InChI=1S/C18H23ClNO3P/c1-3-22-24(21,23-4-2)18(16-10-12-17(19)13-11-16)20-14-15-8-6-5-7-9-15/h5-13,18,20H,3-4,14H2,1-2H3/t18-/m1/s1. The number of hydrogen-bond acceptors (Lipinski definition) is 4. The van der Waals surface area contributed by atoms with Crippen molar-refractivity contribution in [2.45, 2.75) is 26.2 Å². The predicted molar refractivity (Wildman–Crippen MR) is 98.3 cm³/mol. The second-order valence-corrected chi connectivity index (χ2v) is 7.74. The molecule has 0 unspecified atom stereocenters. The van der Waals surface area contributed by atoms with E-state index in [2.05, 4.69) is 5.32 Å². The minimum Gasteiger partial charge on any atom is -0.308 e. The molecule has 0 bridgehead atoms. The fraction of sp³-hybridized carbons (Fsp3) is 0.333. The van der Waals surface area contributed by atoms with Gasteiger partial charge in [-0.15, -0.1) is 0 Å². The van der Waals surface area contributed by atoms with E-state index in [1.54, 1.807) is 12.1 Å². The van der Waals surface area contributed by atoms with Gasteiger partial charge in [0, 0.05) is 11.6 Å². The lowest BCUT2D eigenvalue weighted by molar-refractivity contribution is 0.207. The maximum atomic E-state index is 13.3. The van der Waals surface area contributed by atoms with Gasteiger partial charge in [-0.25, -0.2) is 0 Å². The zero-order valence-corrected chi connectivity index (χ0v) is 15.6. The van der Waals surface area contributed by atoms with E-state index in [0.717, 1.165) is 11.1 Å². The summed E-state index contributed by atoms with van der Waals surface area (Å²) in [6.45, 7) is 4.80. The van der Waals surface area contributed by atoms with Crippen molar-refractivity contribution in [1.29, 1.82) is 0 Å². The molecule has 0 aliphatic rings. The molecule has 0 spiro atoms. The highest BCUT2D eigenvalue weighted by Gasteiger charge is 2.36. The van der Waals surface area contributed by atoms with E-state index in [1.807, 2.05) is 56.3 Å². The summed E-state index contributed by atoms with van der Waals surface area (Å²) >= 11 is 5.97. The summed E-state index contributed by atoms with van der Waals surface area (Å²) < 4.78 is 24.4. The molecule has 0 amide bonds. The van der Waals surface area contributed by atoms with Gasteiger partial charge in [-0.1, -0.05) is 54.1 Å². The van der Waals surface area contributed by atoms with Crippen LogP contribution in [0.4, 0.5) is 0 Å². The van der Waals surface area contributed by atoms with Crippen molar-refractivity contribution in [1.82, 2.24) is 5.32 Å². The molecule has 0 aromatic heterocycles. The summed E-state index contributed by atoms with van der Waals surface area (Å²) in [6, 6.07) is 17.2. The molecule has 0 saturated heterocycles. The molecule has 1 atom stereocenters. The van der Waals surface area contributed by atoms with Crippen molar-refractivity contribution in [2.24, 2.45) is 0 Å². The van der Waals surface area contributed by atoms with Gasteiger partial charge in [0.05, 0.1) is 13.2 Å². The Labute approximate surface area is 148 Å². The van der Waals surface area contributed by atoms with E-state index < -0.39 is 13.4 Å². The van der Waals surface area contributed by atoms with E-state index in [1.165, 1.54) is 0 Å². The van der Waals surface area contributed by atoms with E-state index in [4.69, 9.17) is 20.6 Å². The first-order chi connectivity index (χ1) is 11.6. The van der Waals surface area contributed by atoms with E-state index >= 15 is 0 Å². The highest BCUT2D eigenvalue weighted by Crippen LogP contribution is 2.59. The van der Waals surface area contributed by atoms with Crippen LogP contribution in [0.25, 0.3) is 0 Å². The van der Waals surface area contributed by atoms with Crippen molar-refractivity contribution in [3.63, 3.8) is 0 Å². The third-order valence-corrected chi connectivity index (χ3v) is 6.06. The lowest BCUT2D eigenvalue weighted by Gasteiger charge is -2.27. The normalized spacial score (nSPS) is 13.0. The first-order valence-corrected chi connectivity index (χ1v) is 9.99. The van der Waals surface area contributed by atoms with E-state index in [0.29, 0.717) is 24.8 Å². The number of benzene rings is 2. The maximum absolute atomic E-state index is 13.3. The zero-order valence-electron chi connectivity index (χ0n) is 13.9. The SMILES string of the molecule is CCOP(=O)(OCC)[C@@H](NCc1ccccc1)c1ccc(Cl)cc1. The highest BCUT2D eigenvalue weighted by molar-refractivity contribution is 7.54. The van der Waals surface area contributed by atoms with Gasteiger partial charge in [-0.3, -0.25) is 9.88 Å². The van der Waals surface area contributed by atoms with Crippen molar-refractivity contribution in [2.75, 3.05) is 13.2 Å². The molecule has 1 N–H and O–H groups in total. The van der Waals surface area contributed by atoms with Crippen LogP contribution in [0, 0.1) is 0 Å². The lowest BCUT2D eigenvalue weighted by atomic mass is 10.2. The molecule has 2 aromatic carbocycles. The minimum absolute atomic E-state index is 0.314. The Morgan fingerprint density at radius 1 is 1.00 bits per heavy atom. The first-order valence-electron chi connectivity index (χ1n) is 8.00. The lowest BCUT2D eigenvalue weighted by Crippen LogP contribution is -2.23. The van der Waals surface area contributed by atoms with Crippen molar-refractivity contribution in [3.05, 3.63) is 70.7 Å². The van der Waals surface area contributed by atoms with Crippen molar-refractivity contribution < 1.29 is 13.6 Å². The second kappa shape index (κ2) is 9.36. The summed E-state index contributed by atoms with van der Waals surface area (Å²) in [5.41, 5.74) is 1.91. The summed E-state index contributed by atoms with van der Waals surface area (Å²) in [5.74, 6) is -0.560. The summed E-state index contributed by atoms with van der Waals surface area (Å²) in [7, 11) is -3.36. The molecule has 130 valence electrons. The fourth-order valence-electron chi connectivity index (χ4n) is 2.41. The summed E-state index contributed by atoms with van der Waals surface area (Å²) in [6.07, 6.45) is 0. The van der Waals surface area contributed by atoms with Gasteiger partial charge in [-0.05, 0) is 37.1 Å². The Morgan fingerprint density at radius 2 is 1.58 bits per heavy atom. The average molecular weight is 368 g/mol. The fourth-order valence-corrected chi connectivity index (χ4v) is 4.48. The minimum atomic E-state index is -3.36. The van der Waals surface area contributed by atoms with Crippen LogP contribution < -0.4 is 5.32 Å². The van der Waals surface area contributed by atoms with Gasteiger partial charge in [-0.2, -0.15) is 0 Å². The van der Waals surface area contributed by atoms with Crippen LogP contribution in [-0.2, 0) is 20.2 Å². The number of hydrogen-bond donors (Lipinski definition) is 1. The topological polar surface area (TPSA) is 47.6 Å². The van der Waals surface area contributed by atoms with Crippen LogP contribution in [0.1, 0.15) is 30.8 Å². The van der Waals surface area contributed by atoms with Gasteiger partial charge in [0.1, 0.15) is 5.78 Å². The average Bonchev–Trinajstić information content (AvgIpc) is 2.58. The molecule has 2 rings (SSSR count). The summed E-state index contributed by atoms with van der Waals surface area (Å²) in [4.78, 5) is 0. The Morgan fingerprint density at radius 3 is 2.12 bits per heavy atom. The van der Waals surface area contributed by atoms with Crippen molar-refractivity contribution in [3.8, 4) is 0 Å². The first kappa shape index (κ1) is 19.2. The van der Waals surface area contributed by atoms with Gasteiger partial charge in [0.2, 0.25) is 0 Å². The third kappa shape index (κ3) is 5.17. The molecule has 4 nitrogen and oxygen atoms in total. The molecule has 0 aliphatic carbocycles. The van der Waals surface area contributed by atoms with Crippen LogP contribution in [0.5, 0.6) is 0 Å². The molecule has 0 fully saturated rings. The van der Waals surface area contributed by atoms with Gasteiger partial charge < -0.3 is 9.05 Å². The van der Waals surface area contributed by atoms with Gasteiger partial charge in [0.25, 0.3) is 0 Å². The third-order valence-electron chi connectivity index (χ3n) is 3.46. The highest BCUT2D eigenvalue weighted by atomic mass is 35.5. The molecule has 0 saturated carbocycles. The Balaban J connectivity index is 2.29. The van der Waals surface area contributed by atoms with E-state index in [-0.39, 0.29) is 0 Å². The smallest absolute Gasteiger partial charge is 0.308 e. The van der Waals surface area contributed by atoms with Crippen LogP contribution in [0.2, 0.25) is 5.02 Å². The summed E-state index contributed by atoms with van der Waals surface area (Å²) in [5, 5.41) is 3.95. The molecule has 0 radical (unpaired) electrons. The predicted octanol–water partition coefficient (Wildman–Crippen LogP) is 5.39. The molecule has 0 heterocycles. The van der Waals surface area contributed by atoms with Crippen molar-refractivity contribution >= 4 is 19.2 Å². The van der Waals surface area contributed by atoms with Crippen LogP contribution >= 0.6 is 19.2 Å². The maximum Gasteiger partial charge on any atom is 0.351 e. The van der Waals surface area contributed by atoms with Crippen LogP contribution in [0.3, 0.4) is 0 Å². The Kier molecular flexibility index (Phi) is 7.47. The molecule has 0 aliphatic heterocycles. The van der Waals surface area contributed by atoms with Gasteiger partial charge in [0.15, 0.2) is 0 Å². The van der Waals surface area contributed by atoms with Gasteiger partial charge >= 0.3 is 7.60 Å². The quantitative estimate of drug-likeness (QED) is 0.603. The largest absolute Gasteiger partial charge is 0.351 e. The molecule has 2 aromatic rings. The Bertz CT molecular complexity index is 654. The molecule has 6 heteroatoms. The number of rotatable bonds is 9. The molecule has 24 heavy (non-hydrogen) atoms. The zero-order chi connectivity index (χ0) is 17.4. The Hall–Kier alpha value is -1.16. The number of halogens is 1. The number of nitrogens with one attached hydrogen (secondary N) is 1. The van der Waals surface area contributed by atoms with Crippen LogP contribution in [0.15, 0.2) is 54.6 Å². The van der Waals surface area contributed by atoms with Crippen LogP contribution in [-0.4, -0.2) is 13.2 Å². The monoisotopic (exact) mass is 367 g/mol. The van der Waals surface area contributed by atoms with E-state index in [9.17, 15) is 4.57 Å². The molecular weight excluding hydrogens is 345 g/mol. The second-order valence-electron chi connectivity index (χ2n) is 5.20. The molecular formula is C18H23ClNO3P.